The highest BCUT2D eigenvalue weighted by Crippen LogP contribution is 2.24. The number of methoxy groups -OCH3 is 1. The molecule has 1 aliphatic rings. The quantitative estimate of drug-likeness (QED) is 0.718. The zero-order chi connectivity index (χ0) is 16.4. The van der Waals surface area contributed by atoms with E-state index in [1.54, 1.807) is 7.11 Å². The molecule has 24 heavy (non-hydrogen) atoms. The number of ether oxygens (including phenoxy) is 1. The summed E-state index contributed by atoms with van der Waals surface area (Å²) in [5.41, 5.74) is 3.49. The fourth-order valence-corrected chi connectivity index (χ4v) is 3.49. The number of nitrogens with zero attached hydrogens (tertiary/aromatic N) is 3. The van der Waals surface area contributed by atoms with Crippen LogP contribution < -0.4 is 4.74 Å². The second-order valence-corrected chi connectivity index (χ2v) is 6.44. The zero-order valence-corrected chi connectivity index (χ0v) is 14.1. The number of benzene rings is 2. The van der Waals surface area contributed by atoms with Gasteiger partial charge in [-0.2, -0.15) is 0 Å². The second kappa shape index (κ2) is 6.65. The van der Waals surface area contributed by atoms with Crippen LogP contribution in [-0.2, 0) is 13.1 Å². The molecule has 2 heterocycles. The maximum Gasteiger partial charge on any atom is 0.124 e. The van der Waals surface area contributed by atoms with Gasteiger partial charge in [0.25, 0.3) is 0 Å². The molecule has 0 bridgehead atoms. The number of aromatic nitrogens is 2. The Hall–Kier alpha value is -2.33. The maximum absolute atomic E-state index is 5.36. The minimum atomic E-state index is 0.854. The molecule has 0 spiro atoms. The Balaban J connectivity index is 1.74. The largest absolute Gasteiger partial charge is 0.497 e. The van der Waals surface area contributed by atoms with E-state index < -0.39 is 0 Å². The van der Waals surface area contributed by atoms with Crippen LogP contribution in [0.2, 0.25) is 0 Å². The molecule has 1 aromatic heterocycles. The third-order valence-electron chi connectivity index (χ3n) is 4.78. The average Bonchev–Trinajstić information content (AvgIpc) is 3.24. The van der Waals surface area contributed by atoms with Gasteiger partial charge in [-0.1, -0.05) is 30.3 Å². The number of hydrogen-bond acceptors (Lipinski definition) is 3. The lowest BCUT2D eigenvalue weighted by Crippen LogP contribution is -2.21. The predicted octanol–water partition coefficient (Wildman–Crippen LogP) is 3.69. The molecule has 3 aromatic rings. The highest BCUT2D eigenvalue weighted by Gasteiger charge is 2.17. The summed E-state index contributed by atoms with van der Waals surface area (Å²) in [6.07, 6.45) is 2.60. The van der Waals surface area contributed by atoms with Crippen LogP contribution in [0.3, 0.4) is 0 Å². The first-order valence-corrected chi connectivity index (χ1v) is 8.63. The molecular formula is C20H23N3O. The molecule has 1 aliphatic heterocycles. The SMILES string of the molecule is COc1ccc2c(c1)nc(CN1CCCC1)n2Cc1ccccc1. The van der Waals surface area contributed by atoms with Gasteiger partial charge in [-0.3, -0.25) is 4.90 Å². The first-order chi connectivity index (χ1) is 11.8. The van der Waals surface area contributed by atoms with Crippen LogP contribution >= 0.6 is 0 Å². The van der Waals surface area contributed by atoms with Gasteiger partial charge in [0, 0.05) is 12.6 Å². The van der Waals surface area contributed by atoms with E-state index in [2.05, 4.69) is 45.9 Å². The highest BCUT2D eigenvalue weighted by molar-refractivity contribution is 5.78. The van der Waals surface area contributed by atoms with E-state index in [1.165, 1.54) is 37.0 Å². The molecule has 0 aliphatic carbocycles. The summed E-state index contributed by atoms with van der Waals surface area (Å²) >= 11 is 0. The number of fused-ring (bicyclic) bond motifs is 1. The molecule has 0 amide bonds. The minimum absolute atomic E-state index is 0.854. The van der Waals surface area contributed by atoms with Crippen molar-refractivity contribution in [3.8, 4) is 5.75 Å². The second-order valence-electron chi connectivity index (χ2n) is 6.44. The smallest absolute Gasteiger partial charge is 0.124 e. The Morgan fingerprint density at radius 1 is 1.00 bits per heavy atom. The van der Waals surface area contributed by atoms with E-state index >= 15 is 0 Å². The molecule has 4 heteroatoms. The molecule has 1 fully saturated rings. The molecule has 4 nitrogen and oxygen atoms in total. The van der Waals surface area contributed by atoms with Crippen molar-refractivity contribution in [3.63, 3.8) is 0 Å². The Bertz CT molecular complexity index is 820. The summed E-state index contributed by atoms with van der Waals surface area (Å²) < 4.78 is 7.71. The molecule has 1 saturated heterocycles. The normalized spacial score (nSPS) is 15.2. The Morgan fingerprint density at radius 3 is 2.54 bits per heavy atom. The Labute approximate surface area is 142 Å². The molecule has 0 radical (unpaired) electrons. The van der Waals surface area contributed by atoms with Gasteiger partial charge in [0.05, 0.1) is 24.7 Å². The molecular weight excluding hydrogens is 298 g/mol. The molecule has 2 aromatic carbocycles. The maximum atomic E-state index is 5.36. The number of imidazole rings is 1. The fourth-order valence-electron chi connectivity index (χ4n) is 3.49. The van der Waals surface area contributed by atoms with E-state index in [9.17, 15) is 0 Å². The lowest BCUT2D eigenvalue weighted by molar-refractivity contribution is 0.318. The van der Waals surface area contributed by atoms with E-state index in [0.29, 0.717) is 0 Å². The van der Waals surface area contributed by atoms with E-state index in [-0.39, 0.29) is 0 Å². The molecule has 0 N–H and O–H groups in total. The molecule has 4 rings (SSSR count). The van der Waals surface area contributed by atoms with Gasteiger partial charge in [0.15, 0.2) is 0 Å². The van der Waals surface area contributed by atoms with Crippen molar-refractivity contribution in [1.82, 2.24) is 14.5 Å². The highest BCUT2D eigenvalue weighted by atomic mass is 16.5. The van der Waals surface area contributed by atoms with Crippen LogP contribution in [0.25, 0.3) is 11.0 Å². The average molecular weight is 321 g/mol. The summed E-state index contributed by atoms with van der Waals surface area (Å²) in [5.74, 6) is 2.00. The zero-order valence-electron chi connectivity index (χ0n) is 14.1. The van der Waals surface area contributed by atoms with Crippen molar-refractivity contribution in [2.45, 2.75) is 25.9 Å². The first kappa shape index (κ1) is 15.2. The predicted molar refractivity (Wildman–Crippen MR) is 96.3 cm³/mol. The molecule has 124 valence electrons. The molecule has 0 unspecified atom stereocenters. The van der Waals surface area contributed by atoms with Crippen molar-refractivity contribution in [2.24, 2.45) is 0 Å². The van der Waals surface area contributed by atoms with Gasteiger partial charge < -0.3 is 9.30 Å². The van der Waals surface area contributed by atoms with Gasteiger partial charge in [-0.05, 0) is 43.6 Å². The minimum Gasteiger partial charge on any atom is -0.497 e. The first-order valence-electron chi connectivity index (χ1n) is 8.63. The van der Waals surface area contributed by atoms with Gasteiger partial charge in [0.1, 0.15) is 11.6 Å². The standard InChI is InChI=1S/C20H23N3O/c1-24-17-9-10-19-18(13-17)21-20(15-22-11-5-6-12-22)23(19)14-16-7-3-2-4-8-16/h2-4,7-10,13H,5-6,11-12,14-15H2,1H3. The van der Waals surface area contributed by atoms with Crippen LogP contribution in [0.4, 0.5) is 0 Å². The van der Waals surface area contributed by atoms with Gasteiger partial charge in [-0.15, -0.1) is 0 Å². The molecule has 0 atom stereocenters. The van der Waals surface area contributed by atoms with Crippen molar-refractivity contribution >= 4 is 11.0 Å². The van der Waals surface area contributed by atoms with Gasteiger partial charge in [0.2, 0.25) is 0 Å². The summed E-state index contributed by atoms with van der Waals surface area (Å²) in [7, 11) is 1.70. The van der Waals surface area contributed by atoms with Crippen molar-refractivity contribution < 1.29 is 4.74 Å². The van der Waals surface area contributed by atoms with Crippen LogP contribution in [0.5, 0.6) is 5.75 Å². The summed E-state index contributed by atoms with van der Waals surface area (Å²) in [6.45, 7) is 4.13. The van der Waals surface area contributed by atoms with Crippen molar-refractivity contribution in [3.05, 3.63) is 59.9 Å². The van der Waals surface area contributed by atoms with E-state index in [1.807, 2.05) is 12.1 Å². The Morgan fingerprint density at radius 2 is 1.79 bits per heavy atom. The Kier molecular flexibility index (Phi) is 4.22. The fraction of sp³-hybridized carbons (Fsp3) is 0.350. The third-order valence-corrected chi connectivity index (χ3v) is 4.78. The lowest BCUT2D eigenvalue weighted by atomic mass is 10.2. The van der Waals surface area contributed by atoms with Crippen LogP contribution in [0.1, 0.15) is 24.2 Å². The molecule has 0 saturated carbocycles. The van der Waals surface area contributed by atoms with Crippen LogP contribution in [0.15, 0.2) is 48.5 Å². The van der Waals surface area contributed by atoms with E-state index in [0.717, 1.165) is 30.2 Å². The van der Waals surface area contributed by atoms with Crippen LogP contribution in [0, 0.1) is 0 Å². The summed E-state index contributed by atoms with van der Waals surface area (Å²) in [6, 6.07) is 16.8. The van der Waals surface area contributed by atoms with Gasteiger partial charge >= 0.3 is 0 Å². The topological polar surface area (TPSA) is 30.3 Å². The monoisotopic (exact) mass is 321 g/mol. The van der Waals surface area contributed by atoms with Gasteiger partial charge in [-0.25, -0.2) is 4.98 Å². The van der Waals surface area contributed by atoms with Crippen molar-refractivity contribution in [1.29, 1.82) is 0 Å². The number of hydrogen-bond donors (Lipinski definition) is 0. The lowest BCUT2D eigenvalue weighted by Gasteiger charge is -2.16. The summed E-state index contributed by atoms with van der Waals surface area (Å²) in [5, 5.41) is 0. The van der Waals surface area contributed by atoms with E-state index in [4.69, 9.17) is 9.72 Å². The summed E-state index contributed by atoms with van der Waals surface area (Å²) in [4.78, 5) is 7.42. The number of rotatable bonds is 5. The van der Waals surface area contributed by atoms with Crippen LogP contribution in [-0.4, -0.2) is 34.7 Å². The number of likely N-dealkylation sites (tertiary alicyclic amines) is 1. The third kappa shape index (κ3) is 3.02. The van der Waals surface area contributed by atoms with Crippen molar-refractivity contribution in [2.75, 3.05) is 20.2 Å².